The van der Waals surface area contributed by atoms with Gasteiger partial charge < -0.3 is 5.32 Å². The van der Waals surface area contributed by atoms with Crippen LogP contribution in [0.5, 0.6) is 0 Å². The van der Waals surface area contributed by atoms with Gasteiger partial charge in [0.2, 0.25) is 0 Å². The van der Waals surface area contributed by atoms with Crippen LogP contribution in [0.25, 0.3) is 0 Å². The molecule has 0 spiro atoms. The maximum Gasteiger partial charge on any atom is 0.140 e. The summed E-state index contributed by atoms with van der Waals surface area (Å²) < 4.78 is 14.8. The zero-order valence-electron chi connectivity index (χ0n) is 10.9. The number of halogens is 2. The first-order valence-electron chi connectivity index (χ1n) is 6.88. The van der Waals surface area contributed by atoms with Crippen molar-refractivity contribution in [3.63, 3.8) is 0 Å². The molecular weight excluding hydrogens is 293 g/mol. The summed E-state index contributed by atoms with van der Waals surface area (Å²) >= 11 is 3.29. The molecule has 0 bridgehead atoms. The molecule has 1 fully saturated rings. The maximum atomic E-state index is 14.2. The molecule has 1 aliphatic carbocycles. The minimum atomic E-state index is -0.0640. The molecule has 0 aliphatic heterocycles. The first-order valence-corrected chi connectivity index (χ1v) is 7.68. The average molecular weight is 314 g/mol. The molecule has 1 nitrogen and oxygen atoms in total. The number of rotatable bonds is 4. The first kappa shape index (κ1) is 14.0. The van der Waals surface area contributed by atoms with E-state index < -0.39 is 0 Å². The van der Waals surface area contributed by atoms with Crippen LogP contribution in [0.1, 0.15) is 44.1 Å². The summed E-state index contributed by atoms with van der Waals surface area (Å²) in [5, 5.41) is 3.42. The summed E-state index contributed by atoms with van der Waals surface area (Å²) in [6.45, 7) is 4.12. The molecule has 1 aromatic carbocycles. The van der Waals surface area contributed by atoms with Crippen molar-refractivity contribution < 1.29 is 4.39 Å². The van der Waals surface area contributed by atoms with Gasteiger partial charge in [-0.3, -0.25) is 0 Å². The molecule has 18 heavy (non-hydrogen) atoms. The van der Waals surface area contributed by atoms with E-state index >= 15 is 0 Å². The second-order valence-electron chi connectivity index (χ2n) is 5.10. The van der Waals surface area contributed by atoms with E-state index in [0.29, 0.717) is 16.3 Å². The quantitative estimate of drug-likeness (QED) is 0.864. The van der Waals surface area contributed by atoms with Crippen LogP contribution < -0.4 is 5.32 Å². The fraction of sp³-hybridized carbons (Fsp3) is 0.600. The number of nitrogens with one attached hydrogen (secondary N) is 1. The molecule has 2 unspecified atom stereocenters. The van der Waals surface area contributed by atoms with Crippen LogP contribution in [0, 0.1) is 11.7 Å². The summed E-state index contributed by atoms with van der Waals surface area (Å²) in [4.78, 5) is 0. The molecule has 2 atom stereocenters. The van der Waals surface area contributed by atoms with E-state index in [-0.39, 0.29) is 5.82 Å². The van der Waals surface area contributed by atoms with Crippen LogP contribution in [0.15, 0.2) is 22.7 Å². The van der Waals surface area contributed by atoms with Gasteiger partial charge in [0.1, 0.15) is 5.82 Å². The van der Waals surface area contributed by atoms with Gasteiger partial charge in [0, 0.05) is 0 Å². The molecule has 1 N–H and O–H groups in total. The third-order valence-electron chi connectivity index (χ3n) is 3.95. The summed E-state index contributed by atoms with van der Waals surface area (Å²) in [6.07, 6.45) is 4.83. The Morgan fingerprint density at radius 2 is 2.11 bits per heavy atom. The van der Waals surface area contributed by atoms with Gasteiger partial charge in [-0.2, -0.15) is 0 Å². The van der Waals surface area contributed by atoms with Crippen LogP contribution in [0.4, 0.5) is 4.39 Å². The third kappa shape index (κ3) is 3.12. The molecular formula is C15H21BrFN. The van der Waals surface area contributed by atoms with Crippen molar-refractivity contribution in [3.8, 4) is 0 Å². The SMILES string of the molecule is CCNCC1CCCCC1c1cccc(Br)c1F. The summed E-state index contributed by atoms with van der Waals surface area (Å²) in [7, 11) is 0. The lowest BCUT2D eigenvalue weighted by Crippen LogP contribution is -2.29. The van der Waals surface area contributed by atoms with Crippen molar-refractivity contribution >= 4 is 15.9 Å². The Morgan fingerprint density at radius 3 is 2.89 bits per heavy atom. The Balaban J connectivity index is 2.19. The Labute approximate surface area is 117 Å². The van der Waals surface area contributed by atoms with Gasteiger partial charge in [0.15, 0.2) is 0 Å². The lowest BCUT2D eigenvalue weighted by atomic mass is 9.75. The van der Waals surface area contributed by atoms with E-state index in [4.69, 9.17) is 0 Å². The minimum Gasteiger partial charge on any atom is -0.317 e. The fourth-order valence-electron chi connectivity index (χ4n) is 3.00. The first-order chi connectivity index (χ1) is 8.74. The van der Waals surface area contributed by atoms with Crippen molar-refractivity contribution in [1.82, 2.24) is 5.32 Å². The van der Waals surface area contributed by atoms with Gasteiger partial charge in [0.25, 0.3) is 0 Å². The van der Waals surface area contributed by atoms with Gasteiger partial charge in [-0.25, -0.2) is 4.39 Å². The molecule has 1 saturated carbocycles. The van der Waals surface area contributed by atoms with Crippen LogP contribution in [-0.2, 0) is 0 Å². The number of hydrogen-bond donors (Lipinski definition) is 1. The highest BCUT2D eigenvalue weighted by Crippen LogP contribution is 2.39. The average Bonchev–Trinajstić information content (AvgIpc) is 2.40. The minimum absolute atomic E-state index is 0.0640. The van der Waals surface area contributed by atoms with Crippen LogP contribution in [0.2, 0.25) is 0 Å². The Morgan fingerprint density at radius 1 is 1.33 bits per heavy atom. The third-order valence-corrected chi connectivity index (χ3v) is 4.56. The van der Waals surface area contributed by atoms with E-state index in [1.54, 1.807) is 6.07 Å². The van der Waals surface area contributed by atoms with E-state index in [1.165, 1.54) is 19.3 Å². The lowest BCUT2D eigenvalue weighted by molar-refractivity contribution is 0.291. The van der Waals surface area contributed by atoms with Crippen molar-refractivity contribution in [2.45, 2.75) is 38.5 Å². The molecule has 1 aromatic rings. The smallest absolute Gasteiger partial charge is 0.140 e. The normalized spacial score (nSPS) is 24.2. The molecule has 0 heterocycles. The van der Waals surface area contributed by atoms with Crippen molar-refractivity contribution in [3.05, 3.63) is 34.1 Å². The van der Waals surface area contributed by atoms with E-state index in [1.807, 2.05) is 12.1 Å². The standard InChI is InChI=1S/C15H21BrFN/c1-2-18-10-11-6-3-4-7-12(11)13-8-5-9-14(16)15(13)17/h5,8-9,11-12,18H,2-4,6-7,10H2,1H3. The molecule has 0 saturated heterocycles. The predicted molar refractivity (Wildman–Crippen MR) is 77.3 cm³/mol. The number of benzene rings is 1. The highest BCUT2D eigenvalue weighted by atomic mass is 79.9. The molecule has 0 amide bonds. The van der Waals surface area contributed by atoms with Gasteiger partial charge in [0.05, 0.1) is 4.47 Å². The molecule has 100 valence electrons. The lowest BCUT2D eigenvalue weighted by Gasteiger charge is -2.32. The highest BCUT2D eigenvalue weighted by molar-refractivity contribution is 9.10. The van der Waals surface area contributed by atoms with Crippen molar-refractivity contribution in [2.75, 3.05) is 13.1 Å². The molecule has 1 aliphatic rings. The van der Waals surface area contributed by atoms with Gasteiger partial charge in [-0.05, 0) is 65.3 Å². The molecule has 0 aromatic heterocycles. The monoisotopic (exact) mass is 313 g/mol. The van der Waals surface area contributed by atoms with Gasteiger partial charge in [-0.15, -0.1) is 0 Å². The topological polar surface area (TPSA) is 12.0 Å². The Hall–Kier alpha value is -0.410. The fourth-order valence-corrected chi connectivity index (χ4v) is 3.38. The predicted octanol–water partition coefficient (Wildman–Crippen LogP) is 4.47. The Kier molecular flexibility index (Phi) is 5.19. The molecule has 0 radical (unpaired) electrons. The second-order valence-corrected chi connectivity index (χ2v) is 5.96. The van der Waals surface area contributed by atoms with Crippen LogP contribution >= 0.6 is 15.9 Å². The van der Waals surface area contributed by atoms with Crippen molar-refractivity contribution in [2.24, 2.45) is 5.92 Å². The van der Waals surface area contributed by atoms with Crippen LogP contribution in [0.3, 0.4) is 0 Å². The zero-order chi connectivity index (χ0) is 13.0. The van der Waals surface area contributed by atoms with E-state index in [2.05, 4.69) is 28.2 Å². The largest absolute Gasteiger partial charge is 0.317 e. The highest BCUT2D eigenvalue weighted by Gasteiger charge is 2.28. The number of hydrogen-bond acceptors (Lipinski definition) is 1. The summed E-state index contributed by atoms with van der Waals surface area (Å²) in [5.41, 5.74) is 0.895. The Bertz CT molecular complexity index is 394. The van der Waals surface area contributed by atoms with Crippen molar-refractivity contribution in [1.29, 1.82) is 0 Å². The molecule has 2 rings (SSSR count). The molecule has 3 heteroatoms. The van der Waals surface area contributed by atoms with E-state index in [9.17, 15) is 4.39 Å². The summed E-state index contributed by atoms with van der Waals surface area (Å²) in [6, 6.07) is 5.68. The zero-order valence-corrected chi connectivity index (χ0v) is 12.5. The van der Waals surface area contributed by atoms with Gasteiger partial charge >= 0.3 is 0 Å². The summed E-state index contributed by atoms with van der Waals surface area (Å²) in [5.74, 6) is 0.878. The van der Waals surface area contributed by atoms with Crippen LogP contribution in [-0.4, -0.2) is 13.1 Å². The maximum absolute atomic E-state index is 14.2. The van der Waals surface area contributed by atoms with E-state index in [0.717, 1.165) is 25.1 Å². The second kappa shape index (κ2) is 6.67. The van der Waals surface area contributed by atoms with Gasteiger partial charge in [-0.1, -0.05) is 31.9 Å².